The number of anilines is 1. The lowest BCUT2D eigenvalue weighted by atomic mass is 9.97. The molecule has 2 aliphatic heterocycles. The first-order valence-corrected chi connectivity index (χ1v) is 11.0. The fourth-order valence-corrected chi connectivity index (χ4v) is 4.48. The highest BCUT2D eigenvalue weighted by atomic mass is 16.5. The van der Waals surface area contributed by atoms with Gasteiger partial charge in [0.25, 0.3) is 0 Å². The second kappa shape index (κ2) is 9.96. The third kappa shape index (κ3) is 5.25. The summed E-state index contributed by atoms with van der Waals surface area (Å²) in [6.45, 7) is 3.14. The summed E-state index contributed by atoms with van der Waals surface area (Å²) in [6, 6.07) is 17.6. The van der Waals surface area contributed by atoms with Crippen molar-refractivity contribution in [2.75, 3.05) is 38.3 Å². The number of nitrogens with zero attached hydrogens (tertiary/aromatic N) is 2. The standard InChI is InChI=1S/C25H30N2O4/c1-30-23-11-5-10-22(14-23)27-16-21(13-24(27)28)25(29)26-12-6-9-20(15-26)18-31-17-19-7-3-2-4-8-19/h2-5,7-8,10-11,14,20-21H,6,9,12-13,15-18H2,1H3/t20-,21+/m0/s1. The van der Waals surface area contributed by atoms with Crippen molar-refractivity contribution >= 4 is 17.5 Å². The van der Waals surface area contributed by atoms with Gasteiger partial charge in [-0.2, -0.15) is 0 Å². The molecule has 2 aromatic rings. The van der Waals surface area contributed by atoms with Gasteiger partial charge in [-0.05, 0) is 36.5 Å². The zero-order valence-corrected chi connectivity index (χ0v) is 18.0. The summed E-state index contributed by atoms with van der Waals surface area (Å²) in [7, 11) is 1.60. The molecule has 0 saturated carbocycles. The van der Waals surface area contributed by atoms with Gasteiger partial charge in [0.2, 0.25) is 11.8 Å². The van der Waals surface area contributed by atoms with E-state index in [2.05, 4.69) is 12.1 Å². The SMILES string of the molecule is COc1cccc(N2C[C@H](C(=O)N3CCC[C@H](COCc4ccccc4)C3)CC2=O)c1. The van der Waals surface area contributed by atoms with Crippen molar-refractivity contribution in [2.24, 2.45) is 11.8 Å². The van der Waals surface area contributed by atoms with Crippen LogP contribution >= 0.6 is 0 Å². The fourth-order valence-electron chi connectivity index (χ4n) is 4.48. The largest absolute Gasteiger partial charge is 0.497 e. The van der Waals surface area contributed by atoms with Crippen LogP contribution in [0.3, 0.4) is 0 Å². The molecule has 2 saturated heterocycles. The van der Waals surface area contributed by atoms with Crippen molar-refractivity contribution < 1.29 is 19.1 Å². The summed E-state index contributed by atoms with van der Waals surface area (Å²) >= 11 is 0. The summed E-state index contributed by atoms with van der Waals surface area (Å²) < 4.78 is 11.2. The Balaban J connectivity index is 1.31. The van der Waals surface area contributed by atoms with Crippen LogP contribution in [0.4, 0.5) is 5.69 Å². The summed E-state index contributed by atoms with van der Waals surface area (Å²) in [5.74, 6) is 0.836. The first-order valence-electron chi connectivity index (χ1n) is 11.0. The van der Waals surface area contributed by atoms with Crippen LogP contribution in [0, 0.1) is 11.8 Å². The van der Waals surface area contributed by atoms with E-state index in [9.17, 15) is 9.59 Å². The minimum Gasteiger partial charge on any atom is -0.497 e. The lowest BCUT2D eigenvalue weighted by Crippen LogP contribution is -2.44. The van der Waals surface area contributed by atoms with Crippen molar-refractivity contribution in [2.45, 2.75) is 25.9 Å². The van der Waals surface area contributed by atoms with E-state index in [0.29, 0.717) is 38.0 Å². The van der Waals surface area contributed by atoms with E-state index >= 15 is 0 Å². The first-order chi connectivity index (χ1) is 15.1. The van der Waals surface area contributed by atoms with Crippen LogP contribution in [0.1, 0.15) is 24.8 Å². The van der Waals surface area contributed by atoms with Crippen molar-refractivity contribution in [1.82, 2.24) is 4.90 Å². The average Bonchev–Trinajstić information content (AvgIpc) is 3.21. The summed E-state index contributed by atoms with van der Waals surface area (Å²) in [4.78, 5) is 29.4. The Bertz CT molecular complexity index is 901. The highest BCUT2D eigenvalue weighted by Crippen LogP contribution is 2.30. The number of carbonyl (C=O) groups excluding carboxylic acids is 2. The Morgan fingerprint density at radius 3 is 2.74 bits per heavy atom. The van der Waals surface area contributed by atoms with Gasteiger partial charge in [-0.15, -0.1) is 0 Å². The number of amides is 2. The molecule has 164 valence electrons. The Hall–Kier alpha value is -2.86. The zero-order valence-electron chi connectivity index (χ0n) is 18.0. The Kier molecular flexibility index (Phi) is 6.87. The van der Waals surface area contributed by atoms with Crippen molar-refractivity contribution in [1.29, 1.82) is 0 Å². The molecule has 4 rings (SSSR count). The van der Waals surface area contributed by atoms with Crippen molar-refractivity contribution in [3.8, 4) is 5.75 Å². The third-order valence-electron chi connectivity index (χ3n) is 6.14. The molecular formula is C25H30N2O4. The third-order valence-corrected chi connectivity index (χ3v) is 6.14. The predicted molar refractivity (Wildman–Crippen MR) is 119 cm³/mol. The Morgan fingerprint density at radius 1 is 1.10 bits per heavy atom. The van der Waals surface area contributed by atoms with Gasteiger partial charge in [0.1, 0.15) is 5.75 Å². The maximum Gasteiger partial charge on any atom is 0.228 e. The molecule has 0 unspecified atom stereocenters. The number of rotatable bonds is 7. The second-order valence-electron chi connectivity index (χ2n) is 8.40. The van der Waals surface area contributed by atoms with Crippen LogP contribution in [0.15, 0.2) is 54.6 Å². The molecule has 0 spiro atoms. The fraction of sp³-hybridized carbons (Fsp3) is 0.440. The number of carbonyl (C=O) groups is 2. The van der Waals surface area contributed by atoms with Crippen molar-refractivity contribution in [3.63, 3.8) is 0 Å². The van der Waals surface area contributed by atoms with Crippen LogP contribution in [-0.4, -0.2) is 50.1 Å². The second-order valence-corrected chi connectivity index (χ2v) is 8.40. The monoisotopic (exact) mass is 422 g/mol. The number of hydrogen-bond acceptors (Lipinski definition) is 4. The van der Waals surface area contributed by atoms with Crippen molar-refractivity contribution in [3.05, 3.63) is 60.2 Å². The van der Waals surface area contributed by atoms with Gasteiger partial charge in [0.15, 0.2) is 0 Å². The molecule has 0 aromatic heterocycles. The molecule has 2 amide bonds. The van der Waals surface area contributed by atoms with E-state index in [1.165, 1.54) is 0 Å². The minimum atomic E-state index is -0.289. The van der Waals surface area contributed by atoms with Gasteiger partial charge in [-0.25, -0.2) is 0 Å². The normalized spacial score (nSPS) is 21.4. The van der Waals surface area contributed by atoms with Crippen LogP contribution in [0.5, 0.6) is 5.75 Å². The number of methoxy groups -OCH3 is 1. The summed E-state index contributed by atoms with van der Waals surface area (Å²) in [5.41, 5.74) is 1.94. The Labute approximate surface area is 183 Å². The van der Waals surface area contributed by atoms with Gasteiger partial charge in [-0.1, -0.05) is 36.4 Å². The topological polar surface area (TPSA) is 59.1 Å². The van der Waals surface area contributed by atoms with Crippen LogP contribution < -0.4 is 9.64 Å². The summed E-state index contributed by atoms with van der Waals surface area (Å²) in [5, 5.41) is 0. The molecule has 0 aliphatic carbocycles. The number of ether oxygens (including phenoxy) is 2. The molecule has 2 aromatic carbocycles. The van der Waals surface area contributed by atoms with E-state index in [1.807, 2.05) is 47.4 Å². The molecule has 0 bridgehead atoms. The van der Waals surface area contributed by atoms with Gasteiger partial charge in [-0.3, -0.25) is 9.59 Å². The maximum absolute atomic E-state index is 13.2. The lowest BCUT2D eigenvalue weighted by molar-refractivity contribution is -0.138. The quantitative estimate of drug-likeness (QED) is 0.685. The molecule has 2 heterocycles. The molecular weight excluding hydrogens is 392 g/mol. The van der Waals surface area contributed by atoms with E-state index in [1.54, 1.807) is 12.0 Å². The van der Waals surface area contributed by atoms with E-state index < -0.39 is 0 Å². The van der Waals surface area contributed by atoms with Gasteiger partial charge in [0, 0.05) is 37.8 Å². The molecule has 0 radical (unpaired) electrons. The number of likely N-dealkylation sites (tertiary alicyclic amines) is 1. The van der Waals surface area contributed by atoms with Crippen LogP contribution in [0.2, 0.25) is 0 Å². The molecule has 31 heavy (non-hydrogen) atoms. The van der Waals surface area contributed by atoms with Crippen LogP contribution in [0.25, 0.3) is 0 Å². The first kappa shape index (κ1) is 21.4. The number of piperidine rings is 1. The summed E-state index contributed by atoms with van der Waals surface area (Å²) in [6.07, 6.45) is 2.31. The number of hydrogen-bond donors (Lipinski definition) is 0. The smallest absolute Gasteiger partial charge is 0.228 e. The molecule has 6 nitrogen and oxygen atoms in total. The Morgan fingerprint density at radius 2 is 1.94 bits per heavy atom. The highest BCUT2D eigenvalue weighted by molar-refractivity contribution is 6.00. The van der Waals surface area contributed by atoms with E-state index in [0.717, 1.165) is 30.6 Å². The minimum absolute atomic E-state index is 0.00800. The molecule has 2 fully saturated rings. The lowest BCUT2D eigenvalue weighted by Gasteiger charge is -2.34. The molecule has 6 heteroatoms. The average molecular weight is 423 g/mol. The molecule has 2 aliphatic rings. The maximum atomic E-state index is 13.2. The highest BCUT2D eigenvalue weighted by Gasteiger charge is 2.38. The molecule has 0 N–H and O–H groups in total. The zero-order chi connectivity index (χ0) is 21.6. The van der Waals surface area contributed by atoms with E-state index in [4.69, 9.17) is 9.47 Å². The van der Waals surface area contributed by atoms with Gasteiger partial charge >= 0.3 is 0 Å². The predicted octanol–water partition coefficient (Wildman–Crippen LogP) is 3.50. The number of benzene rings is 2. The van der Waals surface area contributed by atoms with Gasteiger partial charge in [0.05, 0.1) is 26.2 Å². The van der Waals surface area contributed by atoms with E-state index in [-0.39, 0.29) is 24.2 Å². The van der Waals surface area contributed by atoms with Crippen LogP contribution in [-0.2, 0) is 20.9 Å². The van der Waals surface area contributed by atoms with Gasteiger partial charge < -0.3 is 19.3 Å². The molecule has 2 atom stereocenters.